The first kappa shape index (κ1) is 22.4. The number of hydrogen-bond donors (Lipinski definition) is 1. The van der Waals surface area contributed by atoms with E-state index in [1.54, 1.807) is 41.3 Å². The van der Waals surface area contributed by atoms with Gasteiger partial charge in [-0.3, -0.25) is 9.59 Å². The highest BCUT2D eigenvalue weighted by atomic mass is 35.5. The Morgan fingerprint density at radius 2 is 1.75 bits per heavy atom. The summed E-state index contributed by atoms with van der Waals surface area (Å²) in [5.41, 5.74) is 3.95. The molecular formula is C25H22ClFN2O2S. The molecule has 0 spiro atoms. The van der Waals surface area contributed by atoms with Crippen LogP contribution in [0.4, 0.5) is 10.1 Å². The molecule has 0 radical (unpaired) electrons. The Hall–Kier alpha value is -2.83. The maximum atomic E-state index is 13.6. The zero-order valence-electron chi connectivity index (χ0n) is 17.6. The average molecular weight is 469 g/mol. The van der Waals surface area contributed by atoms with Crippen LogP contribution in [0, 0.1) is 19.7 Å². The summed E-state index contributed by atoms with van der Waals surface area (Å²) in [4.78, 5) is 28.4. The number of hydrogen-bond acceptors (Lipinski definition) is 3. The maximum absolute atomic E-state index is 13.6. The molecule has 4 rings (SSSR count). The molecule has 1 fully saturated rings. The summed E-state index contributed by atoms with van der Waals surface area (Å²) in [5.74, 6) is -0.555. The maximum Gasteiger partial charge on any atom is 0.257 e. The van der Waals surface area contributed by atoms with Crippen LogP contribution in [0.5, 0.6) is 0 Å². The fraction of sp³-hybridized carbons (Fsp3) is 0.200. The number of amides is 2. The number of aryl methyl sites for hydroxylation is 2. The molecule has 0 aromatic heterocycles. The third-order valence-corrected chi connectivity index (χ3v) is 7.22. The van der Waals surface area contributed by atoms with Gasteiger partial charge in [0.25, 0.3) is 5.91 Å². The first-order valence-electron chi connectivity index (χ1n) is 10.2. The minimum absolute atomic E-state index is 0.272. The number of rotatable bonds is 4. The van der Waals surface area contributed by atoms with Crippen LogP contribution in [-0.2, 0) is 4.79 Å². The van der Waals surface area contributed by atoms with Crippen molar-refractivity contribution < 1.29 is 14.0 Å². The first-order chi connectivity index (χ1) is 15.3. The van der Waals surface area contributed by atoms with E-state index in [1.165, 1.54) is 23.9 Å². The van der Waals surface area contributed by atoms with Crippen LogP contribution in [-0.4, -0.2) is 28.5 Å². The molecule has 0 bridgehead atoms. The Labute approximate surface area is 195 Å². The van der Waals surface area contributed by atoms with Crippen LogP contribution in [0.3, 0.4) is 0 Å². The van der Waals surface area contributed by atoms with E-state index in [2.05, 4.69) is 5.32 Å². The molecule has 3 aromatic rings. The van der Waals surface area contributed by atoms with E-state index >= 15 is 0 Å². The molecule has 7 heteroatoms. The number of carbonyl (C=O) groups excluding carboxylic acids is 2. The smallest absolute Gasteiger partial charge is 0.257 e. The van der Waals surface area contributed by atoms with Crippen molar-refractivity contribution in [3.05, 3.63) is 99.8 Å². The van der Waals surface area contributed by atoms with Crippen LogP contribution in [0.2, 0.25) is 5.02 Å². The van der Waals surface area contributed by atoms with Crippen molar-refractivity contribution in [1.29, 1.82) is 0 Å². The molecule has 1 saturated heterocycles. The van der Waals surface area contributed by atoms with Crippen LogP contribution in [0.1, 0.15) is 32.4 Å². The van der Waals surface area contributed by atoms with Crippen LogP contribution in [0.25, 0.3) is 0 Å². The molecular weight excluding hydrogens is 447 g/mol. The number of benzene rings is 3. The number of carbonyl (C=O) groups is 2. The van der Waals surface area contributed by atoms with Gasteiger partial charge in [0, 0.05) is 11.4 Å². The normalized spacial score (nSPS) is 17.9. The Morgan fingerprint density at radius 3 is 2.44 bits per heavy atom. The Morgan fingerprint density at radius 1 is 1.03 bits per heavy atom. The third kappa shape index (κ3) is 4.52. The molecule has 2 atom stereocenters. The summed E-state index contributed by atoms with van der Waals surface area (Å²) in [7, 11) is 0. The quantitative estimate of drug-likeness (QED) is 0.511. The lowest BCUT2D eigenvalue weighted by Crippen LogP contribution is -2.45. The van der Waals surface area contributed by atoms with Gasteiger partial charge in [-0.15, -0.1) is 11.8 Å². The highest BCUT2D eigenvalue weighted by molar-refractivity contribution is 7.99. The Kier molecular flexibility index (Phi) is 6.53. The molecule has 4 nitrogen and oxygen atoms in total. The minimum Gasteiger partial charge on any atom is -0.324 e. The predicted molar refractivity (Wildman–Crippen MR) is 128 cm³/mol. The fourth-order valence-electron chi connectivity index (χ4n) is 3.66. The van der Waals surface area contributed by atoms with Crippen molar-refractivity contribution in [2.75, 3.05) is 11.1 Å². The van der Waals surface area contributed by atoms with Crippen molar-refractivity contribution in [2.45, 2.75) is 25.3 Å². The van der Waals surface area contributed by atoms with E-state index in [9.17, 15) is 14.0 Å². The number of halogens is 2. The lowest BCUT2D eigenvalue weighted by molar-refractivity contribution is -0.119. The molecule has 3 aromatic carbocycles. The SMILES string of the molecule is Cc1ccc(NC(=O)C2CSC(c3ccc(F)cc3)N2C(=O)c2ccccc2Cl)cc1C. The highest BCUT2D eigenvalue weighted by Crippen LogP contribution is 2.43. The lowest BCUT2D eigenvalue weighted by Gasteiger charge is -2.29. The van der Waals surface area contributed by atoms with E-state index in [0.29, 0.717) is 22.0 Å². The summed E-state index contributed by atoms with van der Waals surface area (Å²) in [6, 6.07) is 17.8. The number of thioether (sulfide) groups is 1. The second kappa shape index (κ2) is 9.35. The molecule has 1 N–H and O–H groups in total. The van der Waals surface area contributed by atoms with Crippen molar-refractivity contribution >= 4 is 40.9 Å². The van der Waals surface area contributed by atoms with E-state index in [-0.39, 0.29) is 17.6 Å². The number of nitrogens with zero attached hydrogens (tertiary/aromatic N) is 1. The molecule has 0 saturated carbocycles. The fourth-order valence-corrected chi connectivity index (χ4v) is 5.31. The third-order valence-electron chi connectivity index (χ3n) is 5.57. The number of anilines is 1. The van der Waals surface area contributed by atoms with Gasteiger partial charge in [-0.25, -0.2) is 4.39 Å². The molecule has 2 unspecified atom stereocenters. The summed E-state index contributed by atoms with van der Waals surface area (Å²) < 4.78 is 13.5. The Balaban J connectivity index is 1.67. The molecule has 0 aliphatic carbocycles. The largest absolute Gasteiger partial charge is 0.324 e. The van der Waals surface area contributed by atoms with Crippen molar-refractivity contribution in [3.8, 4) is 0 Å². The lowest BCUT2D eigenvalue weighted by atomic mass is 10.1. The molecule has 32 heavy (non-hydrogen) atoms. The molecule has 1 heterocycles. The van der Waals surface area contributed by atoms with E-state index < -0.39 is 11.4 Å². The highest BCUT2D eigenvalue weighted by Gasteiger charge is 2.43. The zero-order chi connectivity index (χ0) is 22.8. The van der Waals surface area contributed by atoms with Crippen molar-refractivity contribution in [1.82, 2.24) is 4.90 Å². The molecule has 2 amide bonds. The van der Waals surface area contributed by atoms with E-state index in [0.717, 1.165) is 16.7 Å². The number of nitrogens with one attached hydrogen (secondary N) is 1. The molecule has 1 aliphatic rings. The second-order valence-corrected chi connectivity index (χ2v) is 9.25. The first-order valence-corrected chi connectivity index (χ1v) is 11.6. The van der Waals surface area contributed by atoms with E-state index in [4.69, 9.17) is 11.6 Å². The van der Waals surface area contributed by atoms with Gasteiger partial charge in [-0.05, 0) is 66.9 Å². The summed E-state index contributed by atoms with van der Waals surface area (Å²) in [5, 5.41) is 2.83. The summed E-state index contributed by atoms with van der Waals surface area (Å²) >= 11 is 7.77. The standard InChI is InChI=1S/C25H22ClFN2O2S/c1-15-7-12-19(13-16(15)2)28-23(30)22-14-32-25(17-8-10-18(27)11-9-17)29(22)24(31)20-5-3-4-6-21(20)26/h3-13,22,25H,14H2,1-2H3,(H,28,30). The van der Waals surface area contributed by atoms with Gasteiger partial charge in [-0.1, -0.05) is 41.9 Å². The Bertz CT molecular complexity index is 1170. The van der Waals surface area contributed by atoms with Gasteiger partial charge in [0.05, 0.1) is 10.6 Å². The summed E-state index contributed by atoms with van der Waals surface area (Å²) in [6.45, 7) is 3.99. The van der Waals surface area contributed by atoms with Crippen LogP contribution >= 0.6 is 23.4 Å². The van der Waals surface area contributed by atoms with Gasteiger partial charge in [0.15, 0.2) is 0 Å². The average Bonchev–Trinajstić information content (AvgIpc) is 3.22. The molecule has 164 valence electrons. The molecule has 1 aliphatic heterocycles. The predicted octanol–water partition coefficient (Wildman–Crippen LogP) is 5.99. The van der Waals surface area contributed by atoms with Gasteiger partial charge < -0.3 is 10.2 Å². The van der Waals surface area contributed by atoms with E-state index in [1.807, 2.05) is 32.0 Å². The van der Waals surface area contributed by atoms with Gasteiger partial charge in [-0.2, -0.15) is 0 Å². The zero-order valence-corrected chi connectivity index (χ0v) is 19.2. The second-order valence-electron chi connectivity index (χ2n) is 7.73. The minimum atomic E-state index is -0.708. The monoisotopic (exact) mass is 468 g/mol. The van der Waals surface area contributed by atoms with Crippen LogP contribution < -0.4 is 5.32 Å². The topological polar surface area (TPSA) is 49.4 Å². The van der Waals surface area contributed by atoms with Gasteiger partial charge in [0.2, 0.25) is 5.91 Å². The van der Waals surface area contributed by atoms with Crippen molar-refractivity contribution in [2.24, 2.45) is 0 Å². The van der Waals surface area contributed by atoms with Crippen LogP contribution in [0.15, 0.2) is 66.7 Å². The van der Waals surface area contributed by atoms with Gasteiger partial charge >= 0.3 is 0 Å². The summed E-state index contributed by atoms with van der Waals surface area (Å²) in [6.07, 6.45) is 0. The van der Waals surface area contributed by atoms with Crippen molar-refractivity contribution in [3.63, 3.8) is 0 Å². The van der Waals surface area contributed by atoms with Gasteiger partial charge in [0.1, 0.15) is 17.2 Å².